The molecule has 0 atom stereocenters. The Morgan fingerprint density at radius 3 is 2.70 bits per heavy atom. The van der Waals surface area contributed by atoms with Crippen LogP contribution in [0.4, 0.5) is 13.2 Å². The van der Waals surface area contributed by atoms with Crippen LogP contribution >= 0.6 is 23.1 Å². The number of rotatable bonds is 2. The monoisotopic (exact) mass is 353 g/mol. The van der Waals surface area contributed by atoms with Gasteiger partial charge in [-0.05, 0) is 23.9 Å². The minimum absolute atomic E-state index is 0.0659. The minimum Gasteiger partial charge on any atom is -0.267 e. The maximum Gasteiger partial charge on any atom is 0.452 e. The first-order valence-corrected chi connectivity index (χ1v) is 8.02. The summed E-state index contributed by atoms with van der Waals surface area (Å²) in [5, 5.41) is 9.14. The van der Waals surface area contributed by atoms with E-state index >= 15 is 0 Å². The Labute approximate surface area is 135 Å². The molecule has 0 radical (unpaired) electrons. The Hall–Kier alpha value is -2.20. The average Bonchev–Trinajstić information content (AvgIpc) is 3.15. The topological polar surface area (TPSA) is 56.0 Å². The molecule has 0 aliphatic heterocycles. The second kappa shape index (κ2) is 5.17. The summed E-state index contributed by atoms with van der Waals surface area (Å²) in [5.74, 6) is -1.06. The molecule has 3 heterocycles. The quantitative estimate of drug-likeness (QED) is 0.547. The van der Waals surface area contributed by atoms with Crippen molar-refractivity contribution in [3.05, 3.63) is 41.7 Å². The fraction of sp³-hybridized carbons (Fsp3) is 0.0769. The van der Waals surface area contributed by atoms with Gasteiger partial charge in [-0.2, -0.15) is 13.2 Å². The molecule has 0 amide bonds. The van der Waals surface area contributed by atoms with Crippen LogP contribution < -0.4 is 0 Å². The van der Waals surface area contributed by atoms with E-state index in [0.29, 0.717) is 20.4 Å². The maximum atomic E-state index is 13.2. The summed E-state index contributed by atoms with van der Waals surface area (Å²) in [6, 6.07) is 6.58. The molecule has 0 spiro atoms. The third-order valence-corrected chi connectivity index (χ3v) is 4.90. The number of hydrogen-bond donors (Lipinski definition) is 0. The van der Waals surface area contributed by atoms with Gasteiger partial charge in [-0.25, -0.2) is 9.97 Å². The molecule has 0 N–H and O–H groups in total. The van der Waals surface area contributed by atoms with E-state index in [1.54, 1.807) is 35.8 Å². The van der Waals surface area contributed by atoms with Gasteiger partial charge in [-0.3, -0.25) is 4.40 Å². The zero-order valence-electron chi connectivity index (χ0n) is 11.2. The molecule has 1 aromatic carbocycles. The number of fused-ring (bicyclic) bond motifs is 3. The summed E-state index contributed by atoms with van der Waals surface area (Å²) in [6.45, 7) is 0. The number of aromatic nitrogens is 5. The lowest BCUT2D eigenvalue weighted by Gasteiger charge is -2.08. The van der Waals surface area contributed by atoms with E-state index in [0.717, 1.165) is 4.40 Å². The smallest absolute Gasteiger partial charge is 0.267 e. The second-order valence-electron chi connectivity index (χ2n) is 4.49. The molecule has 0 saturated heterocycles. The van der Waals surface area contributed by atoms with Crippen molar-refractivity contribution in [1.29, 1.82) is 0 Å². The van der Waals surface area contributed by atoms with Crippen LogP contribution in [0.5, 0.6) is 0 Å². The Kier molecular flexibility index (Phi) is 3.23. The van der Waals surface area contributed by atoms with Gasteiger partial charge in [-0.1, -0.05) is 12.1 Å². The highest BCUT2D eigenvalue weighted by atomic mass is 32.2. The van der Waals surface area contributed by atoms with Gasteiger partial charge >= 0.3 is 6.18 Å². The van der Waals surface area contributed by atoms with Crippen LogP contribution in [-0.2, 0) is 6.18 Å². The number of thiazole rings is 1. The highest BCUT2D eigenvalue weighted by molar-refractivity contribution is 8.01. The Morgan fingerprint density at radius 1 is 1.13 bits per heavy atom. The van der Waals surface area contributed by atoms with E-state index in [4.69, 9.17) is 0 Å². The molecule has 4 aromatic rings. The lowest BCUT2D eigenvalue weighted by Crippen LogP contribution is -2.11. The molecule has 23 heavy (non-hydrogen) atoms. The van der Waals surface area contributed by atoms with Crippen molar-refractivity contribution in [2.75, 3.05) is 0 Å². The first-order valence-electron chi connectivity index (χ1n) is 6.32. The summed E-state index contributed by atoms with van der Waals surface area (Å²) in [5.41, 5.74) is 0.809. The van der Waals surface area contributed by atoms with E-state index in [2.05, 4.69) is 20.2 Å². The van der Waals surface area contributed by atoms with Crippen molar-refractivity contribution in [3.8, 4) is 0 Å². The predicted octanol–water partition coefficient (Wildman–Crippen LogP) is 3.90. The van der Waals surface area contributed by atoms with Crippen LogP contribution in [0, 0.1) is 0 Å². The van der Waals surface area contributed by atoms with Crippen molar-refractivity contribution in [3.63, 3.8) is 0 Å². The van der Waals surface area contributed by atoms with Gasteiger partial charge in [0.15, 0.2) is 9.99 Å². The molecule has 0 saturated carbocycles. The summed E-state index contributed by atoms with van der Waals surface area (Å²) in [6.07, 6.45) is -2.98. The van der Waals surface area contributed by atoms with Crippen LogP contribution in [0.2, 0.25) is 0 Å². The van der Waals surface area contributed by atoms with Gasteiger partial charge in [0.05, 0.1) is 11.0 Å². The van der Waals surface area contributed by atoms with E-state index in [1.807, 2.05) is 0 Å². The van der Waals surface area contributed by atoms with Crippen LogP contribution in [0.3, 0.4) is 0 Å². The number of halogens is 3. The molecule has 0 fully saturated rings. The van der Waals surface area contributed by atoms with Crippen LogP contribution in [0.15, 0.2) is 45.2 Å². The summed E-state index contributed by atoms with van der Waals surface area (Å²) in [7, 11) is 0. The van der Waals surface area contributed by atoms with Crippen LogP contribution in [-0.4, -0.2) is 24.6 Å². The average molecular weight is 353 g/mol. The lowest BCUT2D eigenvalue weighted by molar-refractivity contribution is -0.145. The van der Waals surface area contributed by atoms with E-state index in [1.165, 1.54) is 23.1 Å². The van der Waals surface area contributed by atoms with Crippen molar-refractivity contribution in [1.82, 2.24) is 24.6 Å². The molecule has 0 bridgehead atoms. The molecule has 4 rings (SSSR count). The SMILES string of the molecule is FC(F)(F)c1nnc2c(Sc3nccs3)nc3ccccc3n12. The molecule has 0 unspecified atom stereocenters. The predicted molar refractivity (Wildman–Crippen MR) is 79.5 cm³/mol. The van der Waals surface area contributed by atoms with Gasteiger partial charge in [0.2, 0.25) is 5.82 Å². The van der Waals surface area contributed by atoms with Crippen molar-refractivity contribution in [2.45, 2.75) is 15.5 Å². The second-order valence-corrected chi connectivity index (χ2v) is 6.62. The highest BCUT2D eigenvalue weighted by Crippen LogP contribution is 2.35. The molecule has 5 nitrogen and oxygen atoms in total. The summed E-state index contributed by atoms with van der Waals surface area (Å²) in [4.78, 5) is 8.53. The summed E-state index contributed by atoms with van der Waals surface area (Å²) < 4.78 is 41.4. The van der Waals surface area contributed by atoms with Crippen LogP contribution in [0.1, 0.15) is 5.82 Å². The maximum absolute atomic E-state index is 13.2. The Bertz CT molecular complexity index is 994. The van der Waals surface area contributed by atoms with E-state index < -0.39 is 12.0 Å². The third-order valence-electron chi connectivity index (χ3n) is 3.05. The zero-order valence-corrected chi connectivity index (χ0v) is 12.8. The fourth-order valence-corrected chi connectivity index (χ4v) is 3.76. The standard InChI is InChI=1S/C13H6F3N5S2/c14-13(15,16)11-20-19-9-10(23-12-17-5-6-22-12)18-7-3-1-2-4-8(7)21(9)11/h1-6H. The van der Waals surface area contributed by atoms with Crippen LogP contribution in [0.25, 0.3) is 16.7 Å². The van der Waals surface area contributed by atoms with Crippen molar-refractivity contribution >= 4 is 39.8 Å². The lowest BCUT2D eigenvalue weighted by atomic mass is 10.3. The molecular weight excluding hydrogens is 347 g/mol. The minimum atomic E-state index is -4.60. The van der Waals surface area contributed by atoms with Gasteiger partial charge in [0.25, 0.3) is 0 Å². The van der Waals surface area contributed by atoms with Gasteiger partial charge in [-0.15, -0.1) is 21.5 Å². The number of hydrogen-bond acceptors (Lipinski definition) is 6. The fourth-order valence-electron chi connectivity index (χ4n) is 2.15. The van der Waals surface area contributed by atoms with Crippen molar-refractivity contribution < 1.29 is 13.2 Å². The normalized spacial score (nSPS) is 12.3. The molecular formula is C13H6F3N5S2. The Balaban J connectivity index is 2.05. The van der Waals surface area contributed by atoms with Gasteiger partial charge in [0, 0.05) is 11.6 Å². The number of alkyl halides is 3. The number of para-hydroxylation sites is 2. The summed E-state index contributed by atoms with van der Waals surface area (Å²) >= 11 is 2.54. The first kappa shape index (κ1) is 14.4. The molecule has 10 heteroatoms. The first-order chi connectivity index (χ1) is 11.0. The Morgan fingerprint density at radius 2 is 1.96 bits per heavy atom. The largest absolute Gasteiger partial charge is 0.452 e. The molecule has 3 aromatic heterocycles. The molecule has 0 aliphatic carbocycles. The van der Waals surface area contributed by atoms with Gasteiger partial charge < -0.3 is 0 Å². The van der Waals surface area contributed by atoms with Crippen molar-refractivity contribution in [2.24, 2.45) is 0 Å². The number of nitrogens with zero attached hydrogens (tertiary/aromatic N) is 5. The zero-order chi connectivity index (χ0) is 16.0. The van der Waals surface area contributed by atoms with E-state index in [9.17, 15) is 13.2 Å². The highest BCUT2D eigenvalue weighted by Gasteiger charge is 2.38. The van der Waals surface area contributed by atoms with E-state index in [-0.39, 0.29) is 5.65 Å². The molecule has 0 aliphatic rings. The third kappa shape index (κ3) is 2.43. The number of benzene rings is 1. The molecule has 116 valence electrons. The van der Waals surface area contributed by atoms with Gasteiger partial charge in [0.1, 0.15) is 5.03 Å².